The van der Waals surface area contributed by atoms with Crippen molar-refractivity contribution in [3.63, 3.8) is 0 Å². The van der Waals surface area contributed by atoms with Crippen molar-refractivity contribution in [1.29, 1.82) is 0 Å². The number of hydrogen-bond acceptors (Lipinski definition) is 4. The number of hydrogen-bond donors (Lipinski definition) is 3. The number of ether oxygens (including phenoxy) is 1. The quantitative estimate of drug-likeness (QED) is 0.274. The minimum atomic E-state index is -3.27. The van der Waals surface area contributed by atoms with Crippen LogP contribution in [-0.2, 0) is 14.8 Å². The Labute approximate surface area is 183 Å². The predicted octanol–water partition coefficient (Wildman–Crippen LogP) is 2.33. The van der Waals surface area contributed by atoms with Gasteiger partial charge in [0.2, 0.25) is 10.0 Å². The van der Waals surface area contributed by atoms with Crippen LogP contribution in [0.4, 0.5) is 0 Å². The van der Waals surface area contributed by atoms with Gasteiger partial charge in [-0.15, -0.1) is 24.0 Å². The topological polar surface area (TPSA) is 91.8 Å². The van der Waals surface area contributed by atoms with Gasteiger partial charge in [0.25, 0.3) is 0 Å². The van der Waals surface area contributed by atoms with E-state index in [0.717, 1.165) is 38.8 Å². The molecular formula is C18H39IN4O3S. The predicted molar refractivity (Wildman–Crippen MR) is 123 cm³/mol. The van der Waals surface area contributed by atoms with Gasteiger partial charge in [0, 0.05) is 31.2 Å². The minimum Gasteiger partial charge on any atom is -0.377 e. The Morgan fingerprint density at radius 1 is 1.19 bits per heavy atom. The summed E-state index contributed by atoms with van der Waals surface area (Å²) in [6.07, 6.45) is 3.60. The molecule has 1 saturated heterocycles. The Morgan fingerprint density at radius 3 is 2.33 bits per heavy atom. The van der Waals surface area contributed by atoms with Crippen molar-refractivity contribution in [2.45, 2.75) is 66.0 Å². The Balaban J connectivity index is 0.00000676. The summed E-state index contributed by atoms with van der Waals surface area (Å²) in [5, 5.41) is 6.64. The van der Waals surface area contributed by atoms with Gasteiger partial charge in [0.1, 0.15) is 0 Å². The van der Waals surface area contributed by atoms with Crippen molar-refractivity contribution in [3.8, 4) is 0 Å². The third-order valence-electron chi connectivity index (χ3n) is 4.27. The van der Waals surface area contributed by atoms with E-state index >= 15 is 0 Å². The van der Waals surface area contributed by atoms with Gasteiger partial charge in [-0.1, -0.05) is 20.8 Å². The Hall–Kier alpha value is -0.130. The zero-order chi connectivity index (χ0) is 20.0. The molecule has 0 aromatic carbocycles. The molecule has 1 fully saturated rings. The van der Waals surface area contributed by atoms with Gasteiger partial charge in [-0.2, -0.15) is 0 Å². The van der Waals surface area contributed by atoms with Gasteiger partial charge < -0.3 is 15.4 Å². The normalized spacial score (nSPS) is 22.1. The molecule has 3 N–H and O–H groups in total. The maximum absolute atomic E-state index is 11.5. The van der Waals surface area contributed by atoms with Crippen molar-refractivity contribution in [2.24, 2.45) is 16.3 Å². The summed E-state index contributed by atoms with van der Waals surface area (Å²) >= 11 is 0. The summed E-state index contributed by atoms with van der Waals surface area (Å²) in [5.74, 6) is 1.13. The maximum Gasteiger partial charge on any atom is 0.209 e. The molecular weight excluding hydrogens is 479 g/mol. The molecule has 27 heavy (non-hydrogen) atoms. The summed E-state index contributed by atoms with van der Waals surface area (Å²) in [6.45, 7) is 15.0. The first kappa shape index (κ1) is 26.9. The summed E-state index contributed by atoms with van der Waals surface area (Å²) in [7, 11) is -3.27. The summed E-state index contributed by atoms with van der Waals surface area (Å²) in [6, 6.07) is 0. The van der Waals surface area contributed by atoms with Crippen molar-refractivity contribution in [1.82, 2.24) is 15.4 Å². The standard InChI is InChI=1S/C18H38N4O3S.HI/c1-8-19-16(21-13-18(5,6)22-26(7,23)24)20-12-14-10-9-11-25-15(14)17(2,3)4;/h14-15,22H,8-13H2,1-7H3,(H2,19,20,21);1H. The van der Waals surface area contributed by atoms with Gasteiger partial charge >= 0.3 is 0 Å². The van der Waals surface area contributed by atoms with Crippen LogP contribution >= 0.6 is 24.0 Å². The number of halogens is 1. The van der Waals surface area contributed by atoms with Crippen LogP contribution in [0.3, 0.4) is 0 Å². The van der Waals surface area contributed by atoms with E-state index in [0.29, 0.717) is 18.4 Å². The van der Waals surface area contributed by atoms with Crippen LogP contribution in [0, 0.1) is 11.3 Å². The van der Waals surface area contributed by atoms with Crippen molar-refractivity contribution < 1.29 is 13.2 Å². The molecule has 0 saturated carbocycles. The van der Waals surface area contributed by atoms with Crippen LogP contribution in [0.1, 0.15) is 54.4 Å². The Kier molecular flexibility index (Phi) is 11.1. The Morgan fingerprint density at radius 2 is 1.81 bits per heavy atom. The number of nitrogens with zero attached hydrogens (tertiary/aromatic N) is 1. The molecule has 1 aliphatic heterocycles. The molecule has 0 aromatic heterocycles. The fourth-order valence-electron chi connectivity index (χ4n) is 3.39. The maximum atomic E-state index is 11.5. The first-order chi connectivity index (χ1) is 11.8. The fourth-order valence-corrected chi connectivity index (χ4v) is 4.46. The molecule has 1 rings (SSSR count). The monoisotopic (exact) mass is 518 g/mol. The lowest BCUT2D eigenvalue weighted by Crippen LogP contribution is -2.49. The molecule has 7 nitrogen and oxygen atoms in total. The van der Waals surface area contributed by atoms with Crippen LogP contribution in [-0.4, -0.2) is 58.5 Å². The SMILES string of the molecule is CCNC(=NCC(C)(C)NS(C)(=O)=O)NCC1CCCOC1C(C)(C)C.I. The third-order valence-corrected chi connectivity index (χ3v) is 5.19. The van der Waals surface area contributed by atoms with Crippen LogP contribution in [0.5, 0.6) is 0 Å². The zero-order valence-electron chi connectivity index (χ0n) is 17.9. The molecule has 0 bridgehead atoms. The summed E-state index contributed by atoms with van der Waals surface area (Å²) < 4.78 is 31.6. The van der Waals surface area contributed by atoms with Crippen molar-refractivity contribution >= 4 is 40.0 Å². The van der Waals surface area contributed by atoms with Gasteiger partial charge in [-0.3, -0.25) is 4.99 Å². The zero-order valence-corrected chi connectivity index (χ0v) is 21.0. The van der Waals surface area contributed by atoms with Crippen molar-refractivity contribution in [3.05, 3.63) is 0 Å². The van der Waals surface area contributed by atoms with Crippen LogP contribution in [0.15, 0.2) is 4.99 Å². The van der Waals surface area contributed by atoms with Crippen LogP contribution in [0.2, 0.25) is 0 Å². The summed E-state index contributed by atoms with van der Waals surface area (Å²) in [5.41, 5.74) is -0.540. The number of guanidine groups is 1. The second-order valence-electron chi connectivity index (χ2n) is 8.89. The molecule has 0 aromatic rings. The van der Waals surface area contributed by atoms with E-state index in [4.69, 9.17) is 4.74 Å². The van der Waals surface area contributed by atoms with Gasteiger partial charge in [0.15, 0.2) is 5.96 Å². The highest BCUT2D eigenvalue weighted by Crippen LogP contribution is 2.33. The van der Waals surface area contributed by atoms with E-state index in [1.54, 1.807) is 0 Å². The lowest BCUT2D eigenvalue weighted by Gasteiger charge is -2.40. The lowest BCUT2D eigenvalue weighted by atomic mass is 9.78. The van der Waals surface area contributed by atoms with Crippen LogP contribution in [0.25, 0.3) is 0 Å². The number of sulfonamides is 1. The molecule has 2 unspecified atom stereocenters. The smallest absolute Gasteiger partial charge is 0.209 e. The Bertz CT molecular complexity index is 574. The second-order valence-corrected chi connectivity index (χ2v) is 10.6. The second kappa shape index (κ2) is 11.2. The highest BCUT2D eigenvalue weighted by atomic mass is 127. The molecule has 9 heteroatoms. The number of rotatable bonds is 7. The van der Waals surface area contributed by atoms with E-state index < -0.39 is 15.6 Å². The lowest BCUT2D eigenvalue weighted by molar-refractivity contribution is -0.0835. The summed E-state index contributed by atoms with van der Waals surface area (Å²) in [4.78, 5) is 4.57. The number of aliphatic imine (C=N–C) groups is 1. The first-order valence-corrected chi connectivity index (χ1v) is 11.4. The largest absolute Gasteiger partial charge is 0.377 e. The average molecular weight is 519 g/mol. The molecule has 1 heterocycles. The van der Waals surface area contributed by atoms with Gasteiger partial charge in [-0.05, 0) is 39.0 Å². The highest BCUT2D eigenvalue weighted by Gasteiger charge is 2.35. The molecule has 0 radical (unpaired) electrons. The van der Waals surface area contributed by atoms with Gasteiger partial charge in [0.05, 0.1) is 18.9 Å². The fraction of sp³-hybridized carbons (Fsp3) is 0.944. The molecule has 0 spiro atoms. The van der Waals surface area contributed by atoms with Crippen LogP contribution < -0.4 is 15.4 Å². The van der Waals surface area contributed by atoms with Crippen molar-refractivity contribution in [2.75, 3.05) is 32.5 Å². The van der Waals surface area contributed by atoms with E-state index in [9.17, 15) is 8.42 Å². The molecule has 0 aliphatic carbocycles. The van der Waals surface area contributed by atoms with E-state index in [1.807, 2.05) is 20.8 Å². The average Bonchev–Trinajstić information content (AvgIpc) is 2.47. The molecule has 2 atom stereocenters. The molecule has 1 aliphatic rings. The van der Waals surface area contributed by atoms with E-state index in [2.05, 4.69) is 41.1 Å². The third kappa shape index (κ3) is 10.8. The first-order valence-electron chi connectivity index (χ1n) is 9.47. The van der Waals surface area contributed by atoms with E-state index in [-0.39, 0.29) is 35.5 Å². The minimum absolute atomic E-state index is 0. The molecule has 0 amide bonds. The van der Waals surface area contributed by atoms with Gasteiger partial charge in [-0.25, -0.2) is 13.1 Å². The highest BCUT2D eigenvalue weighted by molar-refractivity contribution is 14.0. The van der Waals surface area contributed by atoms with E-state index in [1.165, 1.54) is 0 Å². The molecule has 162 valence electrons. The number of nitrogens with one attached hydrogen (secondary N) is 3.